The van der Waals surface area contributed by atoms with Gasteiger partial charge in [0.15, 0.2) is 11.5 Å². The van der Waals surface area contributed by atoms with E-state index in [0.717, 1.165) is 38.2 Å². The number of anilines is 1. The molecule has 0 saturated carbocycles. The molecule has 0 bridgehead atoms. The summed E-state index contributed by atoms with van der Waals surface area (Å²) in [5.74, 6) is -2.04. The Labute approximate surface area is 161 Å². The van der Waals surface area contributed by atoms with Crippen LogP contribution in [0.5, 0.6) is 0 Å². The highest BCUT2D eigenvalue weighted by Gasteiger charge is 2.30. The first-order chi connectivity index (χ1) is 13.5. The van der Waals surface area contributed by atoms with Crippen molar-refractivity contribution in [3.8, 4) is 0 Å². The second-order valence-corrected chi connectivity index (χ2v) is 7.27. The van der Waals surface area contributed by atoms with Gasteiger partial charge in [-0.25, -0.2) is 13.8 Å². The molecule has 0 atom stereocenters. The average molecular weight is 388 g/mol. The number of amides is 2. The predicted octanol–water partition coefficient (Wildman–Crippen LogP) is 3.38. The van der Waals surface area contributed by atoms with Crippen LogP contribution in [-0.2, 0) is 13.0 Å². The standard InChI is InChI=1S/C20H22F2N4O2/c21-13-7-8-15(14(22)12-13)23-19(27)17-16-6-2-5-11-26(16)18(24-17)20(28)25-9-3-1-4-10-25/h7-8,12H,1-6,9-11H2,(H,23,27). The molecule has 2 aromatic rings. The van der Waals surface area contributed by atoms with E-state index in [4.69, 9.17) is 0 Å². The molecule has 1 N–H and O–H groups in total. The van der Waals surface area contributed by atoms with E-state index in [-0.39, 0.29) is 23.1 Å². The van der Waals surface area contributed by atoms with Crippen LogP contribution in [0.4, 0.5) is 14.5 Å². The summed E-state index contributed by atoms with van der Waals surface area (Å²) in [6.45, 7) is 2.03. The third-order valence-corrected chi connectivity index (χ3v) is 5.35. The zero-order valence-corrected chi connectivity index (χ0v) is 15.5. The molecule has 4 rings (SSSR count). The van der Waals surface area contributed by atoms with Gasteiger partial charge in [-0.3, -0.25) is 9.59 Å². The summed E-state index contributed by atoms with van der Waals surface area (Å²) < 4.78 is 28.8. The molecule has 1 saturated heterocycles. The van der Waals surface area contributed by atoms with Crippen LogP contribution < -0.4 is 5.32 Å². The van der Waals surface area contributed by atoms with Crippen molar-refractivity contribution in [1.82, 2.24) is 14.5 Å². The van der Waals surface area contributed by atoms with Crippen molar-refractivity contribution in [3.63, 3.8) is 0 Å². The summed E-state index contributed by atoms with van der Waals surface area (Å²) in [7, 11) is 0. The van der Waals surface area contributed by atoms with Gasteiger partial charge in [-0.1, -0.05) is 0 Å². The summed E-state index contributed by atoms with van der Waals surface area (Å²) in [6, 6.07) is 2.96. The van der Waals surface area contributed by atoms with Gasteiger partial charge in [0.25, 0.3) is 11.8 Å². The van der Waals surface area contributed by atoms with Gasteiger partial charge in [0.1, 0.15) is 11.6 Å². The molecular weight excluding hydrogens is 366 g/mol. The predicted molar refractivity (Wildman–Crippen MR) is 99.2 cm³/mol. The number of halogens is 2. The normalized spacial score (nSPS) is 16.6. The fraction of sp³-hybridized carbons (Fsp3) is 0.450. The van der Waals surface area contributed by atoms with Gasteiger partial charge in [0.05, 0.1) is 11.4 Å². The number of carbonyl (C=O) groups is 2. The zero-order chi connectivity index (χ0) is 19.7. The largest absolute Gasteiger partial charge is 0.336 e. The number of fused-ring (bicyclic) bond motifs is 1. The molecule has 6 nitrogen and oxygen atoms in total. The van der Waals surface area contributed by atoms with Crippen molar-refractivity contribution in [2.24, 2.45) is 0 Å². The van der Waals surface area contributed by atoms with Crippen LogP contribution in [-0.4, -0.2) is 39.4 Å². The molecule has 3 heterocycles. The first-order valence-corrected chi connectivity index (χ1v) is 9.69. The zero-order valence-electron chi connectivity index (χ0n) is 15.5. The second-order valence-electron chi connectivity index (χ2n) is 7.27. The third kappa shape index (κ3) is 3.50. The molecular formula is C20H22F2N4O2. The maximum Gasteiger partial charge on any atom is 0.289 e. The van der Waals surface area contributed by atoms with Gasteiger partial charge in [0, 0.05) is 25.7 Å². The van der Waals surface area contributed by atoms with Crippen molar-refractivity contribution >= 4 is 17.5 Å². The third-order valence-electron chi connectivity index (χ3n) is 5.35. The number of likely N-dealkylation sites (tertiary alicyclic amines) is 1. The van der Waals surface area contributed by atoms with Gasteiger partial charge < -0.3 is 14.8 Å². The number of aromatic nitrogens is 2. The highest BCUT2D eigenvalue weighted by molar-refractivity contribution is 6.05. The van der Waals surface area contributed by atoms with Gasteiger partial charge >= 0.3 is 0 Å². The number of hydrogen-bond acceptors (Lipinski definition) is 3. The minimum Gasteiger partial charge on any atom is -0.336 e. The molecule has 2 aliphatic rings. The van der Waals surface area contributed by atoms with Crippen molar-refractivity contribution < 1.29 is 18.4 Å². The number of nitrogens with one attached hydrogen (secondary N) is 1. The van der Waals surface area contributed by atoms with Gasteiger partial charge in [-0.2, -0.15) is 0 Å². The number of benzene rings is 1. The summed E-state index contributed by atoms with van der Waals surface area (Å²) >= 11 is 0. The Morgan fingerprint density at radius 3 is 2.50 bits per heavy atom. The lowest BCUT2D eigenvalue weighted by atomic mass is 10.1. The molecule has 2 aliphatic heterocycles. The minimum absolute atomic E-state index is 0.118. The van der Waals surface area contributed by atoms with Crippen LogP contribution >= 0.6 is 0 Å². The van der Waals surface area contributed by atoms with Crippen molar-refractivity contribution in [2.75, 3.05) is 18.4 Å². The van der Waals surface area contributed by atoms with Crippen molar-refractivity contribution in [3.05, 3.63) is 47.0 Å². The molecule has 0 unspecified atom stereocenters. The SMILES string of the molecule is O=C(Nc1ccc(F)cc1F)c1nc(C(=O)N2CCCCC2)n2c1CCCC2. The van der Waals surface area contributed by atoms with Crippen LogP contribution in [0.2, 0.25) is 0 Å². The molecule has 1 aromatic heterocycles. The van der Waals surface area contributed by atoms with E-state index in [1.165, 1.54) is 6.07 Å². The highest BCUT2D eigenvalue weighted by atomic mass is 19.1. The Morgan fingerprint density at radius 1 is 1.00 bits per heavy atom. The van der Waals surface area contributed by atoms with Crippen LogP contribution in [0, 0.1) is 11.6 Å². The van der Waals surface area contributed by atoms with Crippen LogP contribution in [0.15, 0.2) is 18.2 Å². The molecule has 28 heavy (non-hydrogen) atoms. The number of piperidine rings is 1. The quantitative estimate of drug-likeness (QED) is 0.877. The van der Waals surface area contributed by atoms with E-state index >= 15 is 0 Å². The lowest BCUT2D eigenvalue weighted by Crippen LogP contribution is -2.37. The molecule has 0 radical (unpaired) electrons. The van der Waals surface area contributed by atoms with E-state index in [2.05, 4.69) is 10.3 Å². The topological polar surface area (TPSA) is 67.2 Å². The van der Waals surface area contributed by atoms with Gasteiger partial charge in [0.2, 0.25) is 0 Å². The minimum atomic E-state index is -0.856. The molecule has 8 heteroatoms. The van der Waals surface area contributed by atoms with E-state index in [0.29, 0.717) is 37.8 Å². The Morgan fingerprint density at radius 2 is 1.75 bits per heavy atom. The first kappa shape index (κ1) is 18.6. The van der Waals surface area contributed by atoms with E-state index in [1.807, 2.05) is 4.57 Å². The van der Waals surface area contributed by atoms with Crippen LogP contribution in [0.1, 0.15) is 58.9 Å². The van der Waals surface area contributed by atoms with E-state index < -0.39 is 17.5 Å². The number of imidazole rings is 1. The summed E-state index contributed by atoms with van der Waals surface area (Å²) in [5.41, 5.74) is 0.725. The molecule has 1 aromatic carbocycles. The molecule has 148 valence electrons. The molecule has 2 amide bonds. The number of nitrogens with zero attached hydrogens (tertiary/aromatic N) is 3. The number of rotatable bonds is 3. The average Bonchev–Trinajstić information content (AvgIpc) is 3.10. The Balaban J connectivity index is 1.64. The molecule has 0 aliphatic carbocycles. The summed E-state index contributed by atoms with van der Waals surface area (Å²) in [4.78, 5) is 31.9. The monoisotopic (exact) mass is 388 g/mol. The molecule has 1 fully saturated rings. The first-order valence-electron chi connectivity index (χ1n) is 9.69. The Kier molecular flexibility index (Phi) is 5.11. The fourth-order valence-electron chi connectivity index (χ4n) is 3.90. The smallest absolute Gasteiger partial charge is 0.289 e. The Hall–Kier alpha value is -2.77. The lowest BCUT2D eigenvalue weighted by Gasteiger charge is -2.27. The lowest BCUT2D eigenvalue weighted by molar-refractivity contribution is 0.0705. The van der Waals surface area contributed by atoms with Crippen molar-refractivity contribution in [2.45, 2.75) is 45.1 Å². The second kappa shape index (κ2) is 7.69. The maximum atomic E-state index is 13.9. The van der Waals surface area contributed by atoms with Gasteiger partial charge in [-0.15, -0.1) is 0 Å². The highest BCUT2D eigenvalue weighted by Crippen LogP contribution is 2.24. The van der Waals surface area contributed by atoms with Gasteiger partial charge in [-0.05, 0) is 50.7 Å². The fourth-order valence-corrected chi connectivity index (χ4v) is 3.90. The Bertz CT molecular complexity index is 919. The maximum absolute atomic E-state index is 13.9. The van der Waals surface area contributed by atoms with Crippen molar-refractivity contribution in [1.29, 1.82) is 0 Å². The molecule has 0 spiro atoms. The van der Waals surface area contributed by atoms with Crippen LogP contribution in [0.25, 0.3) is 0 Å². The van der Waals surface area contributed by atoms with Crippen LogP contribution in [0.3, 0.4) is 0 Å². The number of hydrogen-bond donors (Lipinski definition) is 1. The summed E-state index contributed by atoms with van der Waals surface area (Å²) in [5, 5.41) is 2.45. The summed E-state index contributed by atoms with van der Waals surface area (Å²) in [6.07, 6.45) is 5.49. The van der Waals surface area contributed by atoms with E-state index in [1.54, 1.807) is 4.90 Å². The van der Waals surface area contributed by atoms with E-state index in [9.17, 15) is 18.4 Å². The number of carbonyl (C=O) groups excluding carboxylic acids is 2.